The molecule has 0 spiro atoms. The van der Waals surface area contributed by atoms with E-state index in [1.807, 2.05) is 0 Å². The molecule has 0 aromatic rings. The summed E-state index contributed by atoms with van der Waals surface area (Å²) in [7, 11) is 0. The van der Waals surface area contributed by atoms with E-state index in [1.54, 1.807) is 0 Å². The monoisotopic (exact) mass is 193 g/mol. The van der Waals surface area contributed by atoms with Crippen LogP contribution in [0.1, 0.15) is 19.8 Å². The summed E-state index contributed by atoms with van der Waals surface area (Å²) < 4.78 is 10.9. The molecule has 0 saturated carbocycles. The van der Waals surface area contributed by atoms with Gasteiger partial charge >= 0.3 is 48.4 Å². The molecule has 2 heteroatoms. The topological polar surface area (TPSA) is 17.1 Å². The van der Waals surface area contributed by atoms with E-state index in [-0.39, 0.29) is 0 Å². The van der Waals surface area contributed by atoms with Crippen molar-refractivity contribution < 1.29 is 3.08 Å². The zero-order chi connectivity index (χ0) is 4.83. The quantitative estimate of drug-likeness (QED) is 0.485. The third kappa shape index (κ3) is 4.60. The number of hydrogen-bond donors (Lipinski definition) is 0. The molecule has 0 saturated heterocycles. The molecule has 1 nitrogen and oxygen atoms in total. The molecule has 0 heterocycles. The van der Waals surface area contributed by atoms with E-state index in [0.717, 1.165) is 4.44 Å². The summed E-state index contributed by atoms with van der Waals surface area (Å²) in [5.74, 6) is 0. The molecule has 0 atom stereocenters. The van der Waals surface area contributed by atoms with Gasteiger partial charge in [0.2, 0.25) is 0 Å². The van der Waals surface area contributed by atoms with Crippen LogP contribution in [-0.4, -0.2) is 21.1 Å². The summed E-state index contributed by atoms with van der Waals surface area (Å²) in [6.07, 6.45) is 2.37. The van der Waals surface area contributed by atoms with E-state index in [2.05, 4.69) is 6.92 Å². The first kappa shape index (κ1) is 6.60. The normalized spacial score (nSPS) is 8.17. The minimum absolute atomic E-state index is 1.03. The molecule has 0 aromatic heterocycles. The van der Waals surface area contributed by atoms with Crippen LogP contribution in [0.4, 0.5) is 0 Å². The van der Waals surface area contributed by atoms with Crippen LogP contribution in [0.3, 0.4) is 0 Å². The molecule has 0 aliphatic rings. The summed E-state index contributed by atoms with van der Waals surface area (Å²) >= 11 is -1.06. The van der Waals surface area contributed by atoms with Gasteiger partial charge in [-0.1, -0.05) is 0 Å². The van der Waals surface area contributed by atoms with Crippen molar-refractivity contribution >= 4 is 21.1 Å². The second kappa shape index (κ2) is 5.60. The van der Waals surface area contributed by atoms with Crippen molar-refractivity contribution in [1.82, 2.24) is 0 Å². The van der Waals surface area contributed by atoms with Crippen molar-refractivity contribution in [3.05, 3.63) is 0 Å². The van der Waals surface area contributed by atoms with Gasteiger partial charge in [0.25, 0.3) is 0 Å². The Balaban J connectivity index is 2.49. The molecule has 0 aliphatic heterocycles. The third-order valence-corrected chi connectivity index (χ3v) is 2.22. The van der Waals surface area contributed by atoms with E-state index in [0.29, 0.717) is 0 Å². The SMILES string of the molecule is CCC[CH2][Sn-]=[O]. The van der Waals surface area contributed by atoms with Crippen molar-refractivity contribution in [3.63, 3.8) is 0 Å². The van der Waals surface area contributed by atoms with Gasteiger partial charge in [-0.25, -0.2) is 0 Å². The fourth-order valence-electron chi connectivity index (χ4n) is 0.249. The average molecular weight is 192 g/mol. The molecule has 0 fully saturated rings. The van der Waals surface area contributed by atoms with E-state index in [1.165, 1.54) is 12.8 Å². The zero-order valence-corrected chi connectivity index (χ0v) is 6.88. The number of hydrogen-bond acceptors (Lipinski definition) is 1. The molecule has 0 amide bonds. The summed E-state index contributed by atoms with van der Waals surface area (Å²) in [4.78, 5) is 0. The van der Waals surface area contributed by atoms with E-state index in [4.69, 9.17) is 0 Å². The number of unbranched alkanes of at least 4 members (excludes halogenated alkanes) is 1. The zero-order valence-electron chi connectivity index (χ0n) is 4.03. The first-order valence-corrected chi connectivity index (χ1v) is 5.45. The molecular formula is C4H9OSn-. The summed E-state index contributed by atoms with van der Waals surface area (Å²) in [5.41, 5.74) is 0. The Morgan fingerprint density at radius 3 is 2.50 bits per heavy atom. The van der Waals surface area contributed by atoms with Crippen molar-refractivity contribution in [3.8, 4) is 0 Å². The predicted octanol–water partition coefficient (Wildman–Crippen LogP) is 1.25. The predicted molar refractivity (Wildman–Crippen MR) is 26.2 cm³/mol. The van der Waals surface area contributed by atoms with Crippen LogP contribution in [-0.2, 0) is 3.08 Å². The molecule has 0 rings (SSSR count). The van der Waals surface area contributed by atoms with Crippen molar-refractivity contribution in [1.29, 1.82) is 0 Å². The molecule has 6 heavy (non-hydrogen) atoms. The molecule has 36 valence electrons. The van der Waals surface area contributed by atoms with Gasteiger partial charge in [0.05, 0.1) is 0 Å². The van der Waals surface area contributed by atoms with Gasteiger partial charge in [0.1, 0.15) is 0 Å². The van der Waals surface area contributed by atoms with Gasteiger partial charge in [0, 0.05) is 0 Å². The molecule has 0 aromatic carbocycles. The van der Waals surface area contributed by atoms with Crippen molar-refractivity contribution in [2.45, 2.75) is 24.2 Å². The van der Waals surface area contributed by atoms with Crippen LogP contribution in [0.15, 0.2) is 0 Å². The van der Waals surface area contributed by atoms with Gasteiger partial charge in [-0.2, -0.15) is 0 Å². The maximum atomic E-state index is 9.86. The first-order chi connectivity index (χ1) is 2.91. The Hall–Kier alpha value is 0.599. The van der Waals surface area contributed by atoms with Gasteiger partial charge in [-0.15, -0.1) is 0 Å². The van der Waals surface area contributed by atoms with Crippen LogP contribution in [0, 0.1) is 0 Å². The van der Waals surface area contributed by atoms with Crippen LogP contribution in [0.2, 0.25) is 4.44 Å². The van der Waals surface area contributed by atoms with E-state index >= 15 is 0 Å². The number of rotatable bonds is 3. The maximum absolute atomic E-state index is 9.86. The van der Waals surface area contributed by atoms with Gasteiger partial charge in [-0.05, 0) is 0 Å². The molecule has 0 N–H and O–H groups in total. The van der Waals surface area contributed by atoms with Gasteiger partial charge < -0.3 is 0 Å². The summed E-state index contributed by atoms with van der Waals surface area (Å²) in [6.45, 7) is 2.12. The Morgan fingerprint density at radius 1 is 1.67 bits per heavy atom. The third-order valence-electron chi connectivity index (χ3n) is 0.632. The van der Waals surface area contributed by atoms with Crippen LogP contribution in [0.25, 0.3) is 0 Å². The first-order valence-electron chi connectivity index (χ1n) is 2.26. The molecule has 0 aliphatic carbocycles. The van der Waals surface area contributed by atoms with Gasteiger partial charge in [-0.3, -0.25) is 0 Å². The van der Waals surface area contributed by atoms with Crippen molar-refractivity contribution in [2.75, 3.05) is 0 Å². The standard InChI is InChI=1S/C4H9.O.Sn/c1-3-4-2;;/h1,3-4H2,2H3;;/q;;-1. The van der Waals surface area contributed by atoms with E-state index < -0.39 is 21.1 Å². The van der Waals surface area contributed by atoms with Gasteiger partial charge in [0.15, 0.2) is 0 Å². The Bertz CT molecular complexity index is 36.5. The Morgan fingerprint density at radius 2 is 2.33 bits per heavy atom. The molecule has 0 bridgehead atoms. The average Bonchev–Trinajstić information content (AvgIpc) is 1.61. The van der Waals surface area contributed by atoms with Crippen LogP contribution < -0.4 is 0 Å². The molecule has 0 radical (unpaired) electrons. The molecule has 0 unspecified atom stereocenters. The summed E-state index contributed by atoms with van der Waals surface area (Å²) in [5, 5.41) is 0. The van der Waals surface area contributed by atoms with Crippen molar-refractivity contribution in [2.24, 2.45) is 0 Å². The fraction of sp³-hybridized carbons (Fsp3) is 1.00. The second-order valence-corrected chi connectivity index (χ2v) is 3.50. The summed E-state index contributed by atoms with van der Waals surface area (Å²) in [6, 6.07) is 0. The molecular weight excluding hydrogens is 183 g/mol. The van der Waals surface area contributed by atoms with E-state index in [9.17, 15) is 3.08 Å². The second-order valence-electron chi connectivity index (χ2n) is 1.25. The Labute approximate surface area is 48.7 Å². The Kier molecular flexibility index (Phi) is 6.16. The minimum atomic E-state index is -1.06. The van der Waals surface area contributed by atoms with Crippen LogP contribution in [0.5, 0.6) is 0 Å². The fourth-order valence-corrected chi connectivity index (χ4v) is 1.67. The van der Waals surface area contributed by atoms with Crippen LogP contribution >= 0.6 is 0 Å².